The topological polar surface area (TPSA) is 77.4 Å². The molecule has 6 heteroatoms. The van der Waals surface area contributed by atoms with E-state index in [0.717, 1.165) is 12.8 Å². The van der Waals surface area contributed by atoms with Crippen LogP contribution >= 0.6 is 0 Å². The molecule has 24 heavy (non-hydrogen) atoms. The van der Waals surface area contributed by atoms with Gasteiger partial charge in [0.15, 0.2) is 12.4 Å². The Morgan fingerprint density at radius 1 is 1.29 bits per heavy atom. The van der Waals surface area contributed by atoms with Crippen molar-refractivity contribution in [2.24, 2.45) is 18.9 Å². The monoisotopic (exact) mass is 334 g/mol. The van der Waals surface area contributed by atoms with Crippen LogP contribution in [-0.2, 0) is 16.6 Å². The highest BCUT2D eigenvalue weighted by molar-refractivity contribution is 5.98. The minimum absolute atomic E-state index is 0.122. The van der Waals surface area contributed by atoms with Crippen molar-refractivity contribution in [2.75, 3.05) is 6.61 Å². The quantitative estimate of drug-likeness (QED) is 0.662. The molecule has 0 aromatic carbocycles. The summed E-state index contributed by atoms with van der Waals surface area (Å²) in [6.45, 7) is 5.47. The maximum Gasteiger partial charge on any atom is 0.355 e. The number of carbonyl (C=O) groups excluding carboxylic acids is 3. The number of aromatic nitrogens is 1. The molecule has 6 nitrogen and oxygen atoms in total. The van der Waals surface area contributed by atoms with Crippen molar-refractivity contribution in [3.8, 4) is 0 Å². The highest BCUT2D eigenvalue weighted by Gasteiger charge is 2.28. The van der Waals surface area contributed by atoms with Gasteiger partial charge in [0.05, 0.1) is 0 Å². The predicted octanol–water partition coefficient (Wildman–Crippen LogP) is 2.33. The predicted molar refractivity (Wildman–Crippen MR) is 89.8 cm³/mol. The molecule has 1 aliphatic carbocycles. The number of aryl methyl sites for hydroxylation is 1. The SMILES string of the molecule is CC(=O)c1cc(C(=O)OCC(=O)N[C@H]2CCC[C@@H](C)[C@H]2C)n(C)c1. The van der Waals surface area contributed by atoms with Crippen LogP contribution < -0.4 is 5.32 Å². The lowest BCUT2D eigenvalue weighted by Gasteiger charge is -2.34. The zero-order valence-electron chi connectivity index (χ0n) is 14.8. The normalized spacial score (nSPS) is 23.6. The van der Waals surface area contributed by atoms with E-state index in [1.165, 1.54) is 24.0 Å². The largest absolute Gasteiger partial charge is 0.451 e. The van der Waals surface area contributed by atoms with E-state index in [-0.39, 0.29) is 30.0 Å². The Labute approximate surface area is 142 Å². The first-order chi connectivity index (χ1) is 11.3. The molecule has 1 saturated carbocycles. The van der Waals surface area contributed by atoms with E-state index in [1.54, 1.807) is 13.2 Å². The molecule has 1 fully saturated rings. The number of nitrogens with one attached hydrogen (secondary N) is 1. The van der Waals surface area contributed by atoms with Crippen LogP contribution in [0.4, 0.5) is 0 Å². The van der Waals surface area contributed by atoms with Crippen LogP contribution in [0.2, 0.25) is 0 Å². The van der Waals surface area contributed by atoms with Crippen LogP contribution in [0, 0.1) is 11.8 Å². The van der Waals surface area contributed by atoms with E-state index >= 15 is 0 Å². The smallest absolute Gasteiger partial charge is 0.355 e. The second-order valence-corrected chi connectivity index (χ2v) is 6.80. The van der Waals surface area contributed by atoms with Gasteiger partial charge in [0.1, 0.15) is 5.69 Å². The third-order valence-electron chi connectivity index (χ3n) is 5.01. The molecule has 1 aliphatic rings. The number of carbonyl (C=O) groups is 3. The molecule has 0 aliphatic heterocycles. The van der Waals surface area contributed by atoms with Gasteiger partial charge in [-0.3, -0.25) is 9.59 Å². The van der Waals surface area contributed by atoms with Gasteiger partial charge in [0.2, 0.25) is 0 Å². The molecule has 2 rings (SSSR count). The highest BCUT2D eigenvalue weighted by atomic mass is 16.5. The van der Waals surface area contributed by atoms with Crippen LogP contribution in [-0.4, -0.2) is 34.9 Å². The molecule has 0 spiro atoms. The lowest BCUT2D eigenvalue weighted by Crippen LogP contribution is -2.45. The molecule has 0 saturated heterocycles. The number of nitrogens with zero attached hydrogens (tertiary/aromatic N) is 1. The van der Waals surface area contributed by atoms with Gasteiger partial charge in [0.25, 0.3) is 5.91 Å². The molecule has 0 radical (unpaired) electrons. The van der Waals surface area contributed by atoms with Crippen molar-refractivity contribution >= 4 is 17.7 Å². The number of hydrogen-bond acceptors (Lipinski definition) is 4. The van der Waals surface area contributed by atoms with E-state index in [2.05, 4.69) is 19.2 Å². The third-order valence-corrected chi connectivity index (χ3v) is 5.01. The Morgan fingerprint density at radius 2 is 2.00 bits per heavy atom. The summed E-state index contributed by atoms with van der Waals surface area (Å²) in [6.07, 6.45) is 4.83. The summed E-state index contributed by atoms with van der Waals surface area (Å²) < 4.78 is 6.61. The van der Waals surface area contributed by atoms with Gasteiger partial charge in [0, 0.05) is 24.8 Å². The maximum absolute atomic E-state index is 12.1. The van der Waals surface area contributed by atoms with Crippen LogP contribution in [0.5, 0.6) is 0 Å². The third kappa shape index (κ3) is 4.24. The van der Waals surface area contributed by atoms with Gasteiger partial charge < -0.3 is 14.6 Å². The molecule has 1 heterocycles. The highest BCUT2D eigenvalue weighted by Crippen LogP contribution is 2.29. The second-order valence-electron chi connectivity index (χ2n) is 6.80. The second kappa shape index (κ2) is 7.64. The fourth-order valence-corrected chi connectivity index (χ4v) is 3.20. The van der Waals surface area contributed by atoms with Crippen molar-refractivity contribution in [1.29, 1.82) is 0 Å². The molecule has 0 unspecified atom stereocenters. The van der Waals surface area contributed by atoms with E-state index in [4.69, 9.17) is 4.74 Å². The summed E-state index contributed by atoms with van der Waals surface area (Å²) in [4.78, 5) is 35.5. The number of esters is 1. The van der Waals surface area contributed by atoms with Crippen LogP contribution in [0.3, 0.4) is 0 Å². The molecule has 1 aromatic heterocycles. The Morgan fingerprint density at radius 3 is 2.62 bits per heavy atom. The van der Waals surface area contributed by atoms with Crippen LogP contribution in [0.15, 0.2) is 12.3 Å². The lowest BCUT2D eigenvalue weighted by molar-refractivity contribution is -0.125. The Bertz CT molecular complexity index is 635. The van der Waals surface area contributed by atoms with Crippen molar-refractivity contribution in [3.05, 3.63) is 23.5 Å². The van der Waals surface area contributed by atoms with Crippen LogP contribution in [0.25, 0.3) is 0 Å². The average molecular weight is 334 g/mol. The van der Waals surface area contributed by atoms with E-state index in [0.29, 0.717) is 17.4 Å². The summed E-state index contributed by atoms with van der Waals surface area (Å²) in [5.41, 5.74) is 0.701. The number of amides is 1. The number of hydrogen-bond donors (Lipinski definition) is 1. The Balaban J connectivity index is 1.87. The Kier molecular flexibility index (Phi) is 5.80. The molecule has 1 aromatic rings. The minimum atomic E-state index is -0.606. The van der Waals surface area contributed by atoms with Gasteiger partial charge in [-0.15, -0.1) is 0 Å². The first-order valence-corrected chi connectivity index (χ1v) is 8.43. The standard InChI is InChI=1S/C18H26N2O4/c1-11-6-5-7-15(12(11)2)19-17(22)10-24-18(23)16-8-14(13(3)21)9-20(16)4/h8-9,11-12,15H,5-7,10H2,1-4H3,(H,19,22)/t11-,12-,15+/m1/s1. The molecule has 132 valence electrons. The van der Waals surface area contributed by atoms with Gasteiger partial charge in [-0.1, -0.05) is 26.7 Å². The number of Topliss-reactive ketones (excluding diaryl/α,β-unsaturated/α-hetero) is 1. The van der Waals surface area contributed by atoms with Gasteiger partial charge in [-0.25, -0.2) is 4.79 Å². The van der Waals surface area contributed by atoms with Crippen molar-refractivity contribution in [2.45, 2.75) is 46.1 Å². The van der Waals surface area contributed by atoms with Crippen molar-refractivity contribution < 1.29 is 19.1 Å². The summed E-state index contributed by atoms with van der Waals surface area (Å²) >= 11 is 0. The molecular weight excluding hydrogens is 308 g/mol. The molecule has 1 amide bonds. The summed E-state index contributed by atoms with van der Waals surface area (Å²) in [6, 6.07) is 1.62. The summed E-state index contributed by atoms with van der Waals surface area (Å²) in [5, 5.41) is 2.97. The first kappa shape index (κ1) is 18.2. The molecule has 0 bridgehead atoms. The van der Waals surface area contributed by atoms with Gasteiger partial charge in [-0.05, 0) is 31.2 Å². The number of ether oxygens (including phenoxy) is 1. The number of ketones is 1. The fraction of sp³-hybridized carbons (Fsp3) is 0.611. The van der Waals surface area contributed by atoms with E-state index < -0.39 is 5.97 Å². The Hall–Kier alpha value is -2.11. The maximum atomic E-state index is 12.1. The molecule has 3 atom stereocenters. The zero-order valence-corrected chi connectivity index (χ0v) is 14.8. The van der Waals surface area contributed by atoms with Gasteiger partial charge in [-0.2, -0.15) is 0 Å². The fourth-order valence-electron chi connectivity index (χ4n) is 3.20. The summed E-state index contributed by atoms with van der Waals surface area (Å²) in [7, 11) is 1.66. The molecular formula is C18H26N2O4. The average Bonchev–Trinajstić information content (AvgIpc) is 2.92. The van der Waals surface area contributed by atoms with E-state index in [9.17, 15) is 14.4 Å². The zero-order chi connectivity index (χ0) is 17.9. The van der Waals surface area contributed by atoms with Crippen molar-refractivity contribution in [1.82, 2.24) is 9.88 Å². The van der Waals surface area contributed by atoms with Gasteiger partial charge >= 0.3 is 5.97 Å². The first-order valence-electron chi connectivity index (χ1n) is 8.43. The van der Waals surface area contributed by atoms with Crippen molar-refractivity contribution in [3.63, 3.8) is 0 Å². The van der Waals surface area contributed by atoms with E-state index in [1.807, 2.05) is 0 Å². The number of rotatable bonds is 5. The van der Waals surface area contributed by atoms with Crippen LogP contribution in [0.1, 0.15) is 60.9 Å². The molecule has 1 N–H and O–H groups in total. The summed E-state index contributed by atoms with van der Waals surface area (Å²) in [5.74, 6) is -0.00678. The lowest BCUT2D eigenvalue weighted by atomic mass is 9.78. The minimum Gasteiger partial charge on any atom is -0.451 e.